The number of carbonyl (C=O) groups excluding carboxylic acids is 1. The Balaban J connectivity index is 0.00000169. The first-order chi connectivity index (χ1) is 11.5. The molecule has 0 bridgehead atoms. The predicted molar refractivity (Wildman–Crippen MR) is 111 cm³/mol. The van der Waals surface area contributed by atoms with Crippen LogP contribution in [0.1, 0.15) is 19.8 Å². The van der Waals surface area contributed by atoms with Crippen molar-refractivity contribution >= 4 is 48.0 Å². The van der Waals surface area contributed by atoms with Gasteiger partial charge < -0.3 is 14.9 Å². The van der Waals surface area contributed by atoms with Crippen molar-refractivity contribution in [1.29, 1.82) is 0 Å². The number of nitrogens with zero attached hydrogens (tertiary/aromatic N) is 3. The van der Waals surface area contributed by atoms with E-state index in [9.17, 15) is 4.79 Å². The summed E-state index contributed by atoms with van der Waals surface area (Å²) < 4.78 is 0. The fourth-order valence-electron chi connectivity index (χ4n) is 3.75. The molecule has 26 heavy (non-hydrogen) atoms. The molecule has 2 aliphatic rings. The van der Waals surface area contributed by atoms with Crippen LogP contribution in [0.5, 0.6) is 0 Å². The first kappa shape index (κ1) is 23.5. The second-order valence-corrected chi connectivity index (χ2v) is 7.30. The molecule has 1 atom stereocenters. The number of halogens is 3. The maximum absolute atomic E-state index is 13.1. The number of hydrogen-bond acceptors (Lipinski definition) is 4. The Labute approximate surface area is 173 Å². The van der Waals surface area contributed by atoms with Crippen LogP contribution in [0.2, 0.25) is 5.02 Å². The summed E-state index contributed by atoms with van der Waals surface area (Å²) in [7, 11) is 0. The summed E-state index contributed by atoms with van der Waals surface area (Å²) in [5.74, 6) is 0.189. The minimum atomic E-state index is -0.414. The van der Waals surface area contributed by atoms with Gasteiger partial charge in [0, 0.05) is 56.6 Å². The highest BCUT2D eigenvalue weighted by atomic mass is 35.5. The third kappa shape index (κ3) is 4.83. The van der Waals surface area contributed by atoms with Crippen LogP contribution in [0.3, 0.4) is 0 Å². The van der Waals surface area contributed by atoms with Gasteiger partial charge in [0.05, 0.1) is 5.54 Å². The van der Waals surface area contributed by atoms with Crippen LogP contribution in [-0.4, -0.2) is 72.2 Å². The second-order valence-electron chi connectivity index (χ2n) is 6.86. The minimum absolute atomic E-state index is 0. The van der Waals surface area contributed by atoms with Gasteiger partial charge in [0.25, 0.3) is 0 Å². The lowest BCUT2D eigenvalue weighted by Gasteiger charge is -2.42. The van der Waals surface area contributed by atoms with Crippen LogP contribution < -0.4 is 4.90 Å². The topological polar surface area (TPSA) is 47.0 Å². The number of amides is 1. The first-order valence-electron chi connectivity index (χ1n) is 8.70. The first-order valence-corrected chi connectivity index (χ1v) is 9.08. The summed E-state index contributed by atoms with van der Waals surface area (Å²) in [5.41, 5.74) is 0.512. The Morgan fingerprint density at radius 2 is 1.69 bits per heavy atom. The molecule has 0 aliphatic carbocycles. The zero-order valence-corrected chi connectivity index (χ0v) is 17.5. The molecule has 0 radical (unpaired) electrons. The number of anilines is 1. The van der Waals surface area contributed by atoms with Crippen molar-refractivity contribution in [3.05, 3.63) is 29.3 Å². The van der Waals surface area contributed by atoms with Crippen molar-refractivity contribution in [3.8, 4) is 0 Å². The summed E-state index contributed by atoms with van der Waals surface area (Å²) in [4.78, 5) is 19.7. The van der Waals surface area contributed by atoms with E-state index in [0.29, 0.717) is 5.02 Å². The number of aliphatic hydroxyl groups excluding tert-OH is 1. The van der Waals surface area contributed by atoms with Gasteiger partial charge in [0.1, 0.15) is 0 Å². The van der Waals surface area contributed by atoms with E-state index < -0.39 is 5.54 Å². The van der Waals surface area contributed by atoms with Gasteiger partial charge in [-0.2, -0.15) is 0 Å². The lowest BCUT2D eigenvalue weighted by molar-refractivity contribution is -0.128. The number of hydrogen-bond donors (Lipinski definition) is 1. The molecular weight excluding hydrogens is 397 g/mol. The molecular formula is C18H28Cl3N3O2. The molecule has 5 nitrogen and oxygen atoms in total. The van der Waals surface area contributed by atoms with E-state index in [-0.39, 0.29) is 37.3 Å². The Hall–Kier alpha value is -0.560. The average Bonchev–Trinajstić information content (AvgIpc) is 2.91. The fourth-order valence-corrected chi connectivity index (χ4v) is 3.87. The monoisotopic (exact) mass is 423 g/mol. The molecule has 0 aromatic heterocycles. The summed E-state index contributed by atoms with van der Waals surface area (Å²) in [6, 6.07) is 7.50. The Morgan fingerprint density at radius 3 is 2.27 bits per heavy atom. The third-order valence-corrected chi connectivity index (χ3v) is 5.62. The highest BCUT2D eigenvalue weighted by molar-refractivity contribution is 6.30. The number of benzene rings is 1. The van der Waals surface area contributed by atoms with Gasteiger partial charge in [-0.15, -0.1) is 24.8 Å². The molecule has 1 N–H and O–H groups in total. The van der Waals surface area contributed by atoms with Crippen LogP contribution in [-0.2, 0) is 4.79 Å². The number of aliphatic hydroxyl groups is 1. The maximum atomic E-state index is 13.1. The van der Waals surface area contributed by atoms with Crippen molar-refractivity contribution < 1.29 is 9.90 Å². The van der Waals surface area contributed by atoms with Gasteiger partial charge in [0.2, 0.25) is 5.91 Å². The molecule has 3 rings (SSSR count). The Bertz CT molecular complexity index is 580. The van der Waals surface area contributed by atoms with Gasteiger partial charge in [-0.3, -0.25) is 9.69 Å². The third-order valence-electron chi connectivity index (χ3n) is 5.37. The Morgan fingerprint density at radius 1 is 1.08 bits per heavy atom. The van der Waals surface area contributed by atoms with Crippen molar-refractivity contribution in [3.63, 3.8) is 0 Å². The summed E-state index contributed by atoms with van der Waals surface area (Å²) in [6.45, 7) is 7.74. The molecule has 2 saturated heterocycles. The van der Waals surface area contributed by atoms with Crippen LogP contribution in [0.25, 0.3) is 0 Å². The van der Waals surface area contributed by atoms with Gasteiger partial charge in [-0.05, 0) is 44.0 Å². The van der Waals surface area contributed by atoms with E-state index >= 15 is 0 Å². The molecule has 8 heteroatoms. The van der Waals surface area contributed by atoms with Crippen LogP contribution in [0.15, 0.2) is 24.3 Å². The molecule has 1 amide bonds. The lowest BCUT2D eigenvalue weighted by atomic mass is 9.97. The second kappa shape index (κ2) is 10.1. The molecule has 2 heterocycles. The molecule has 148 valence electrons. The van der Waals surface area contributed by atoms with Crippen LogP contribution in [0, 0.1) is 0 Å². The van der Waals surface area contributed by atoms with Gasteiger partial charge in [0.15, 0.2) is 0 Å². The summed E-state index contributed by atoms with van der Waals surface area (Å²) in [5, 5.41) is 9.64. The number of piperazine rings is 1. The van der Waals surface area contributed by atoms with Crippen molar-refractivity contribution in [2.75, 3.05) is 50.8 Å². The largest absolute Gasteiger partial charge is 0.396 e. The van der Waals surface area contributed by atoms with Crippen molar-refractivity contribution in [2.45, 2.75) is 25.3 Å². The fraction of sp³-hybridized carbons (Fsp3) is 0.611. The SMILES string of the molecule is CC1(N2CCN(CCCO)CC2)CCN(c2ccc(Cl)cc2)C1=O.Cl.Cl. The summed E-state index contributed by atoms with van der Waals surface area (Å²) >= 11 is 5.95. The average molecular weight is 425 g/mol. The van der Waals surface area contributed by atoms with Crippen molar-refractivity contribution in [2.24, 2.45) is 0 Å². The predicted octanol–water partition coefficient (Wildman–Crippen LogP) is 2.68. The normalized spacial score (nSPS) is 24.3. The van der Waals surface area contributed by atoms with E-state index in [1.54, 1.807) is 0 Å². The quantitative estimate of drug-likeness (QED) is 0.789. The Kier molecular flexibility index (Phi) is 9.13. The number of carbonyl (C=O) groups is 1. The standard InChI is InChI=1S/C18H26ClN3O2.2ClH/c1-18(21-12-10-20(11-13-21)8-2-14-23)7-9-22(17(18)24)16-5-3-15(19)4-6-16;;/h3-6,23H,2,7-14H2,1H3;2*1H. The van der Waals surface area contributed by atoms with E-state index in [0.717, 1.165) is 57.8 Å². The smallest absolute Gasteiger partial charge is 0.247 e. The van der Waals surface area contributed by atoms with E-state index in [1.807, 2.05) is 29.2 Å². The molecule has 1 aromatic rings. The lowest BCUT2D eigenvalue weighted by Crippen LogP contribution is -2.59. The minimum Gasteiger partial charge on any atom is -0.396 e. The molecule has 2 fully saturated rings. The maximum Gasteiger partial charge on any atom is 0.247 e. The zero-order chi connectivity index (χ0) is 17.2. The van der Waals surface area contributed by atoms with Gasteiger partial charge >= 0.3 is 0 Å². The van der Waals surface area contributed by atoms with E-state index in [2.05, 4.69) is 16.7 Å². The highest BCUT2D eigenvalue weighted by Crippen LogP contribution is 2.33. The molecule has 1 aromatic carbocycles. The molecule has 0 saturated carbocycles. The van der Waals surface area contributed by atoms with E-state index in [4.69, 9.17) is 16.7 Å². The highest BCUT2D eigenvalue weighted by Gasteiger charge is 2.48. The zero-order valence-electron chi connectivity index (χ0n) is 15.1. The molecule has 0 spiro atoms. The van der Waals surface area contributed by atoms with Gasteiger partial charge in [-0.25, -0.2) is 0 Å². The van der Waals surface area contributed by atoms with Gasteiger partial charge in [-0.1, -0.05) is 11.6 Å². The van der Waals surface area contributed by atoms with Crippen LogP contribution in [0.4, 0.5) is 5.69 Å². The van der Waals surface area contributed by atoms with Crippen molar-refractivity contribution in [1.82, 2.24) is 9.80 Å². The summed E-state index contributed by atoms with van der Waals surface area (Å²) in [6.07, 6.45) is 1.67. The number of rotatable bonds is 5. The molecule has 1 unspecified atom stereocenters. The van der Waals surface area contributed by atoms with E-state index in [1.165, 1.54) is 0 Å². The van der Waals surface area contributed by atoms with Crippen LogP contribution >= 0.6 is 36.4 Å². The molecule has 2 aliphatic heterocycles.